The van der Waals surface area contributed by atoms with Crippen LogP contribution < -0.4 is 0 Å². The van der Waals surface area contributed by atoms with Gasteiger partial charge in [-0.3, -0.25) is 0 Å². The van der Waals surface area contributed by atoms with Gasteiger partial charge in [0.1, 0.15) is 11.2 Å². The van der Waals surface area contributed by atoms with E-state index in [1.807, 2.05) is 60.7 Å². The molecule has 0 atom stereocenters. The molecular formula is C51H31N3O. The average molecular weight is 702 g/mol. The second-order valence-electron chi connectivity index (χ2n) is 13.9. The van der Waals surface area contributed by atoms with Crippen LogP contribution in [0.4, 0.5) is 0 Å². The SMILES string of the molecule is c1ccc(-c2nc(-c3ccccc3)nc(-c3cccc(-c4cccc5c4oc4c(-c6cccc7c8ccccc8c8ccccc8c67)cccc45)c3)n2)cc1. The van der Waals surface area contributed by atoms with E-state index in [1.165, 1.54) is 32.3 Å². The van der Waals surface area contributed by atoms with Crippen molar-refractivity contribution in [3.8, 4) is 56.4 Å². The van der Waals surface area contributed by atoms with Crippen molar-refractivity contribution < 1.29 is 4.42 Å². The van der Waals surface area contributed by atoms with Crippen LogP contribution in [0.25, 0.3) is 111 Å². The number of fused-ring (bicyclic) bond motifs is 9. The minimum atomic E-state index is 0.615. The van der Waals surface area contributed by atoms with Crippen LogP contribution in [0.5, 0.6) is 0 Å². The Morgan fingerprint density at radius 2 is 0.655 bits per heavy atom. The van der Waals surface area contributed by atoms with E-state index in [4.69, 9.17) is 19.4 Å². The summed E-state index contributed by atoms with van der Waals surface area (Å²) in [6.07, 6.45) is 0. The van der Waals surface area contributed by atoms with Gasteiger partial charge in [-0.05, 0) is 49.5 Å². The third kappa shape index (κ3) is 5.11. The minimum Gasteiger partial charge on any atom is -0.455 e. The predicted octanol–water partition coefficient (Wildman–Crippen LogP) is 13.6. The van der Waals surface area contributed by atoms with Gasteiger partial charge in [0.15, 0.2) is 17.5 Å². The molecule has 0 bridgehead atoms. The van der Waals surface area contributed by atoms with Gasteiger partial charge in [-0.1, -0.05) is 182 Å². The van der Waals surface area contributed by atoms with Gasteiger partial charge in [0.25, 0.3) is 0 Å². The molecule has 11 aromatic rings. The van der Waals surface area contributed by atoms with Crippen molar-refractivity contribution in [3.05, 3.63) is 188 Å². The number of rotatable bonds is 5. The van der Waals surface area contributed by atoms with E-state index < -0.39 is 0 Å². The monoisotopic (exact) mass is 701 g/mol. The summed E-state index contributed by atoms with van der Waals surface area (Å²) in [7, 11) is 0. The zero-order valence-electron chi connectivity index (χ0n) is 29.6. The van der Waals surface area contributed by atoms with E-state index in [0.29, 0.717) is 17.5 Å². The van der Waals surface area contributed by atoms with Crippen LogP contribution >= 0.6 is 0 Å². The summed E-state index contributed by atoms with van der Waals surface area (Å²) in [5.41, 5.74) is 8.78. The normalized spacial score (nSPS) is 11.6. The number of nitrogens with zero attached hydrogens (tertiary/aromatic N) is 3. The lowest BCUT2D eigenvalue weighted by Gasteiger charge is -2.14. The van der Waals surface area contributed by atoms with Crippen molar-refractivity contribution >= 4 is 54.3 Å². The molecule has 11 rings (SSSR count). The topological polar surface area (TPSA) is 51.8 Å². The molecule has 9 aromatic carbocycles. The summed E-state index contributed by atoms with van der Waals surface area (Å²) in [6.45, 7) is 0. The Hall–Kier alpha value is -7.43. The molecule has 0 unspecified atom stereocenters. The summed E-state index contributed by atoms with van der Waals surface area (Å²) in [5.74, 6) is 1.89. The van der Waals surface area contributed by atoms with Crippen LogP contribution in [0.15, 0.2) is 192 Å². The van der Waals surface area contributed by atoms with Crippen molar-refractivity contribution in [2.75, 3.05) is 0 Å². The molecule has 0 aliphatic carbocycles. The molecule has 55 heavy (non-hydrogen) atoms. The molecule has 0 aliphatic heterocycles. The van der Waals surface area contributed by atoms with E-state index in [1.54, 1.807) is 0 Å². The van der Waals surface area contributed by atoms with Crippen molar-refractivity contribution in [1.29, 1.82) is 0 Å². The molecule has 0 spiro atoms. The Bertz CT molecular complexity index is 3160. The Balaban J connectivity index is 1.09. The fourth-order valence-electron chi connectivity index (χ4n) is 8.20. The lowest BCUT2D eigenvalue weighted by Crippen LogP contribution is -2.00. The minimum absolute atomic E-state index is 0.615. The van der Waals surface area contributed by atoms with Crippen molar-refractivity contribution in [2.24, 2.45) is 0 Å². The maximum Gasteiger partial charge on any atom is 0.164 e. The first-order valence-corrected chi connectivity index (χ1v) is 18.5. The highest BCUT2D eigenvalue weighted by atomic mass is 16.3. The van der Waals surface area contributed by atoms with Crippen LogP contribution in [0.3, 0.4) is 0 Å². The zero-order chi connectivity index (χ0) is 36.3. The van der Waals surface area contributed by atoms with Gasteiger partial charge in [0, 0.05) is 38.6 Å². The highest BCUT2D eigenvalue weighted by Crippen LogP contribution is 2.45. The summed E-state index contributed by atoms with van der Waals surface area (Å²) in [4.78, 5) is 14.9. The molecule has 4 nitrogen and oxygen atoms in total. The second-order valence-corrected chi connectivity index (χ2v) is 13.9. The fraction of sp³-hybridized carbons (Fsp3) is 0. The molecule has 0 N–H and O–H groups in total. The van der Waals surface area contributed by atoms with Crippen molar-refractivity contribution in [1.82, 2.24) is 15.0 Å². The Labute approximate surface area is 317 Å². The highest BCUT2D eigenvalue weighted by Gasteiger charge is 2.20. The second kappa shape index (κ2) is 12.6. The maximum absolute atomic E-state index is 7.03. The largest absolute Gasteiger partial charge is 0.455 e. The predicted molar refractivity (Wildman–Crippen MR) is 227 cm³/mol. The van der Waals surface area contributed by atoms with Gasteiger partial charge in [0.2, 0.25) is 0 Å². The van der Waals surface area contributed by atoms with Crippen LogP contribution in [-0.4, -0.2) is 15.0 Å². The third-order valence-electron chi connectivity index (χ3n) is 10.7. The molecule has 4 heteroatoms. The number of benzene rings is 9. The van der Waals surface area contributed by atoms with Gasteiger partial charge in [-0.25, -0.2) is 15.0 Å². The van der Waals surface area contributed by atoms with Gasteiger partial charge in [-0.2, -0.15) is 0 Å². The molecule has 2 aromatic heterocycles. The van der Waals surface area contributed by atoms with E-state index >= 15 is 0 Å². The molecule has 2 heterocycles. The molecule has 0 fully saturated rings. The van der Waals surface area contributed by atoms with Crippen LogP contribution in [0.2, 0.25) is 0 Å². The fourth-order valence-corrected chi connectivity index (χ4v) is 8.20. The van der Waals surface area contributed by atoms with Crippen molar-refractivity contribution in [3.63, 3.8) is 0 Å². The van der Waals surface area contributed by atoms with Crippen molar-refractivity contribution in [2.45, 2.75) is 0 Å². The first-order chi connectivity index (χ1) is 27.3. The van der Waals surface area contributed by atoms with Gasteiger partial charge in [-0.15, -0.1) is 0 Å². The molecule has 0 saturated carbocycles. The van der Waals surface area contributed by atoms with E-state index in [0.717, 1.165) is 60.9 Å². The van der Waals surface area contributed by atoms with E-state index in [-0.39, 0.29) is 0 Å². The van der Waals surface area contributed by atoms with Gasteiger partial charge >= 0.3 is 0 Å². The lowest BCUT2D eigenvalue weighted by atomic mass is 9.89. The first kappa shape index (κ1) is 31.1. The Morgan fingerprint density at radius 3 is 1.25 bits per heavy atom. The number of aromatic nitrogens is 3. The summed E-state index contributed by atoms with van der Waals surface area (Å²) < 4.78 is 7.03. The zero-order valence-corrected chi connectivity index (χ0v) is 29.6. The molecular weight excluding hydrogens is 671 g/mol. The van der Waals surface area contributed by atoms with E-state index in [2.05, 4.69) is 127 Å². The maximum atomic E-state index is 7.03. The van der Waals surface area contributed by atoms with Crippen LogP contribution in [0.1, 0.15) is 0 Å². The van der Waals surface area contributed by atoms with Gasteiger partial charge in [0.05, 0.1) is 0 Å². The Morgan fingerprint density at radius 1 is 0.273 bits per heavy atom. The van der Waals surface area contributed by atoms with Crippen LogP contribution in [0, 0.1) is 0 Å². The van der Waals surface area contributed by atoms with E-state index in [9.17, 15) is 0 Å². The van der Waals surface area contributed by atoms with Gasteiger partial charge < -0.3 is 4.42 Å². The average Bonchev–Trinajstić information content (AvgIpc) is 3.66. The smallest absolute Gasteiger partial charge is 0.164 e. The Kier molecular flexibility index (Phi) is 7.14. The molecule has 0 radical (unpaired) electrons. The van der Waals surface area contributed by atoms with Crippen LogP contribution in [-0.2, 0) is 0 Å². The summed E-state index contributed by atoms with van der Waals surface area (Å²) >= 11 is 0. The standard InChI is InChI=1S/C51H31N3O/c1-3-15-32(16-4-1)49-52-50(33-17-5-2-6-18-33)54-51(53-49)35-20-11-19-34(31-35)36-25-12-29-44-45-30-14-28-43(48(45)55-47(36)44)42-27-13-26-41-39-22-8-7-21-37(39)38-23-9-10-24-40(38)46(41)42/h1-31H. The number of hydrogen-bond acceptors (Lipinski definition) is 4. The number of para-hydroxylation sites is 2. The molecule has 0 aliphatic rings. The summed E-state index contributed by atoms with van der Waals surface area (Å²) in [6, 6.07) is 65.6. The quantitative estimate of drug-likeness (QED) is 0.168. The highest BCUT2D eigenvalue weighted by molar-refractivity contribution is 6.29. The molecule has 0 saturated heterocycles. The first-order valence-electron chi connectivity index (χ1n) is 18.5. The third-order valence-corrected chi connectivity index (χ3v) is 10.7. The number of furan rings is 1. The summed E-state index contributed by atoms with van der Waals surface area (Å²) in [5, 5.41) is 9.64. The molecule has 0 amide bonds. The number of hydrogen-bond donors (Lipinski definition) is 0. The lowest BCUT2D eigenvalue weighted by molar-refractivity contribution is 0.671. The molecule has 256 valence electrons.